The fraction of sp³-hybridized carbons (Fsp3) is 0.900. The van der Waals surface area contributed by atoms with Gasteiger partial charge in [0.05, 0.1) is 0 Å². The normalized spacial score (nSPS) is 15.3. The van der Waals surface area contributed by atoms with Gasteiger partial charge in [-0.3, -0.25) is 4.79 Å². The van der Waals surface area contributed by atoms with Crippen molar-refractivity contribution in [2.24, 2.45) is 0 Å². The van der Waals surface area contributed by atoms with Crippen LogP contribution in [0.25, 0.3) is 0 Å². The van der Waals surface area contributed by atoms with Crippen LogP contribution < -0.4 is 0 Å². The van der Waals surface area contributed by atoms with E-state index in [1.165, 1.54) is 19.3 Å². The first-order chi connectivity index (χ1) is 6.00. The molecule has 0 aliphatic carbocycles. The van der Waals surface area contributed by atoms with E-state index in [0.29, 0.717) is 6.42 Å². The topological polar surface area (TPSA) is 37.3 Å². The molecular weight excluding hydrogens is 184 g/mol. The predicted octanol–water partition coefficient (Wildman–Crippen LogP) is 3.12. The first-order valence-corrected chi connectivity index (χ1v) is 5.41. The van der Waals surface area contributed by atoms with E-state index in [9.17, 15) is 4.79 Å². The van der Waals surface area contributed by atoms with Crippen molar-refractivity contribution in [3.8, 4) is 0 Å². The molecule has 0 saturated carbocycles. The van der Waals surface area contributed by atoms with Gasteiger partial charge in [-0.1, -0.05) is 39.0 Å². The van der Waals surface area contributed by atoms with Crippen molar-refractivity contribution in [3.63, 3.8) is 0 Å². The van der Waals surface area contributed by atoms with Crippen LogP contribution in [0.5, 0.6) is 0 Å². The maximum absolute atomic E-state index is 10.7. The van der Waals surface area contributed by atoms with Crippen LogP contribution in [0, 0.1) is 0 Å². The van der Waals surface area contributed by atoms with E-state index < -0.39 is 10.7 Å². The number of carbonyl (C=O) groups is 1. The van der Waals surface area contributed by atoms with E-state index in [2.05, 4.69) is 19.6 Å². The number of rotatable bonds is 7. The van der Waals surface area contributed by atoms with Crippen LogP contribution in [0.3, 0.4) is 0 Å². The molecule has 0 aromatic carbocycles. The minimum atomic E-state index is -0.841. The van der Waals surface area contributed by atoms with Gasteiger partial charge < -0.3 is 5.11 Å². The summed E-state index contributed by atoms with van der Waals surface area (Å²) < 4.78 is -0.841. The quantitative estimate of drug-likeness (QED) is 0.494. The van der Waals surface area contributed by atoms with Gasteiger partial charge >= 0.3 is 5.97 Å². The first kappa shape index (κ1) is 12.8. The fourth-order valence-electron chi connectivity index (χ4n) is 1.18. The van der Waals surface area contributed by atoms with Gasteiger partial charge in [-0.25, -0.2) is 0 Å². The number of carboxylic acid groups (broad SMARTS) is 1. The van der Waals surface area contributed by atoms with E-state index in [-0.39, 0.29) is 0 Å². The Hall–Kier alpha value is -0.180. The standard InChI is InChI=1S/C10H20O2S/c1-3-4-5-6-7-8-10(2,13)9(11)12/h13H,3-8H2,1-2H3,(H,11,12). The second-order valence-corrected chi connectivity index (χ2v) is 4.73. The Balaban J connectivity index is 3.46. The molecule has 1 unspecified atom stereocenters. The largest absolute Gasteiger partial charge is 0.480 e. The molecule has 0 aromatic rings. The fourth-order valence-corrected chi connectivity index (χ4v) is 1.34. The summed E-state index contributed by atoms with van der Waals surface area (Å²) >= 11 is 4.11. The highest BCUT2D eigenvalue weighted by Gasteiger charge is 2.27. The maximum atomic E-state index is 10.7. The lowest BCUT2D eigenvalue weighted by Gasteiger charge is -2.17. The van der Waals surface area contributed by atoms with Crippen molar-refractivity contribution in [1.82, 2.24) is 0 Å². The average molecular weight is 204 g/mol. The smallest absolute Gasteiger partial charge is 0.319 e. The van der Waals surface area contributed by atoms with Gasteiger partial charge in [-0.05, 0) is 13.3 Å². The van der Waals surface area contributed by atoms with Crippen molar-refractivity contribution in [2.45, 2.75) is 57.1 Å². The van der Waals surface area contributed by atoms with E-state index in [0.717, 1.165) is 12.8 Å². The molecule has 0 rings (SSSR count). The lowest BCUT2D eigenvalue weighted by atomic mass is 10.0. The van der Waals surface area contributed by atoms with E-state index in [1.54, 1.807) is 6.92 Å². The monoisotopic (exact) mass is 204 g/mol. The molecule has 0 fully saturated rings. The summed E-state index contributed by atoms with van der Waals surface area (Å²) in [7, 11) is 0. The summed E-state index contributed by atoms with van der Waals surface area (Å²) in [5.74, 6) is -0.814. The third-order valence-electron chi connectivity index (χ3n) is 2.23. The molecule has 2 nitrogen and oxygen atoms in total. The summed E-state index contributed by atoms with van der Waals surface area (Å²) in [6.45, 7) is 3.83. The van der Waals surface area contributed by atoms with Crippen LogP contribution in [0.4, 0.5) is 0 Å². The van der Waals surface area contributed by atoms with Crippen molar-refractivity contribution in [1.29, 1.82) is 0 Å². The van der Waals surface area contributed by atoms with Crippen LogP contribution in [-0.2, 0) is 4.79 Å². The van der Waals surface area contributed by atoms with Gasteiger partial charge in [-0.15, -0.1) is 0 Å². The summed E-state index contributed by atoms with van der Waals surface area (Å²) in [6.07, 6.45) is 6.42. The predicted molar refractivity (Wildman–Crippen MR) is 58.4 cm³/mol. The van der Waals surface area contributed by atoms with Crippen LogP contribution >= 0.6 is 12.6 Å². The van der Waals surface area contributed by atoms with Crippen LogP contribution in [0.1, 0.15) is 52.4 Å². The molecule has 0 aliphatic rings. The van der Waals surface area contributed by atoms with Crippen molar-refractivity contribution >= 4 is 18.6 Å². The molecule has 1 atom stereocenters. The molecule has 3 heteroatoms. The second kappa shape index (κ2) is 6.30. The third kappa shape index (κ3) is 5.97. The molecule has 13 heavy (non-hydrogen) atoms. The molecule has 0 amide bonds. The lowest BCUT2D eigenvalue weighted by molar-refractivity contribution is -0.139. The van der Waals surface area contributed by atoms with Gasteiger partial charge in [0.1, 0.15) is 4.75 Å². The average Bonchev–Trinajstić information content (AvgIpc) is 2.03. The van der Waals surface area contributed by atoms with Crippen molar-refractivity contribution in [3.05, 3.63) is 0 Å². The summed E-state index contributed by atoms with van der Waals surface area (Å²) in [5.41, 5.74) is 0. The highest BCUT2D eigenvalue weighted by Crippen LogP contribution is 2.22. The second-order valence-electron chi connectivity index (χ2n) is 3.74. The van der Waals surface area contributed by atoms with Gasteiger partial charge in [-0.2, -0.15) is 12.6 Å². The third-order valence-corrected chi connectivity index (χ3v) is 2.64. The summed E-state index contributed by atoms with van der Waals surface area (Å²) in [5, 5.41) is 8.77. The lowest BCUT2D eigenvalue weighted by Crippen LogP contribution is -2.28. The van der Waals surface area contributed by atoms with Crippen molar-refractivity contribution < 1.29 is 9.90 Å². The van der Waals surface area contributed by atoms with E-state index in [1.807, 2.05) is 0 Å². The number of hydrogen-bond acceptors (Lipinski definition) is 2. The van der Waals surface area contributed by atoms with Crippen LogP contribution in [0.15, 0.2) is 0 Å². The van der Waals surface area contributed by atoms with E-state index in [4.69, 9.17) is 5.11 Å². The SMILES string of the molecule is CCCCCCCC(C)(S)C(=O)O. The van der Waals surface area contributed by atoms with Crippen LogP contribution in [-0.4, -0.2) is 15.8 Å². The number of carboxylic acids is 1. The number of hydrogen-bond donors (Lipinski definition) is 2. The molecule has 0 heterocycles. The molecule has 0 bridgehead atoms. The molecular formula is C10H20O2S. The number of unbranched alkanes of at least 4 members (excludes halogenated alkanes) is 4. The minimum Gasteiger partial charge on any atom is -0.480 e. The molecule has 0 radical (unpaired) electrons. The number of aliphatic carboxylic acids is 1. The summed E-state index contributed by atoms with van der Waals surface area (Å²) in [6, 6.07) is 0. The molecule has 78 valence electrons. The Labute approximate surface area is 86.1 Å². The Kier molecular flexibility index (Phi) is 6.21. The van der Waals surface area contributed by atoms with E-state index >= 15 is 0 Å². The summed E-state index contributed by atoms with van der Waals surface area (Å²) in [4.78, 5) is 10.7. The zero-order valence-electron chi connectivity index (χ0n) is 8.55. The van der Waals surface area contributed by atoms with Gasteiger partial charge in [0, 0.05) is 0 Å². The Bertz CT molecular complexity index is 155. The zero-order valence-corrected chi connectivity index (χ0v) is 9.44. The Morgan fingerprint density at radius 2 is 1.85 bits per heavy atom. The highest BCUT2D eigenvalue weighted by molar-refractivity contribution is 7.82. The highest BCUT2D eigenvalue weighted by atomic mass is 32.1. The molecule has 0 aromatic heterocycles. The van der Waals surface area contributed by atoms with Gasteiger partial charge in [0.25, 0.3) is 0 Å². The Morgan fingerprint density at radius 1 is 1.31 bits per heavy atom. The molecule has 0 saturated heterocycles. The number of thiol groups is 1. The maximum Gasteiger partial charge on any atom is 0.319 e. The molecule has 1 N–H and O–H groups in total. The first-order valence-electron chi connectivity index (χ1n) is 4.96. The van der Waals surface area contributed by atoms with Crippen molar-refractivity contribution in [2.75, 3.05) is 0 Å². The van der Waals surface area contributed by atoms with Crippen LogP contribution in [0.2, 0.25) is 0 Å². The van der Waals surface area contributed by atoms with Gasteiger partial charge in [0.15, 0.2) is 0 Å². The molecule has 0 aliphatic heterocycles. The minimum absolute atomic E-state index is 0.662. The zero-order chi connectivity index (χ0) is 10.3. The Morgan fingerprint density at radius 3 is 2.31 bits per heavy atom. The van der Waals surface area contributed by atoms with Gasteiger partial charge in [0.2, 0.25) is 0 Å². The molecule has 0 spiro atoms.